The number of likely N-dealkylation sites (tertiary alicyclic amines) is 1. The van der Waals surface area contributed by atoms with Crippen LogP contribution < -0.4 is 4.90 Å². The number of rotatable bonds is 6. The van der Waals surface area contributed by atoms with Gasteiger partial charge in [0.15, 0.2) is 0 Å². The Hall–Kier alpha value is -2.44. The Kier molecular flexibility index (Phi) is 6.12. The molecule has 0 aromatic heterocycles. The van der Waals surface area contributed by atoms with Crippen molar-refractivity contribution in [2.75, 3.05) is 18.0 Å². The molecule has 0 aliphatic carbocycles. The van der Waals surface area contributed by atoms with Gasteiger partial charge in [0, 0.05) is 31.2 Å². The molecule has 1 aromatic carbocycles. The lowest BCUT2D eigenvalue weighted by Gasteiger charge is -2.30. The smallest absolute Gasteiger partial charge is 0.316 e. The molecule has 1 aliphatic heterocycles. The second-order valence-corrected chi connectivity index (χ2v) is 6.46. The van der Waals surface area contributed by atoms with E-state index < -0.39 is 23.6 Å². The lowest BCUT2D eigenvalue weighted by molar-refractivity contribution is -0.150. The second kappa shape index (κ2) is 8.09. The fourth-order valence-electron chi connectivity index (χ4n) is 3.00. The van der Waals surface area contributed by atoms with Gasteiger partial charge in [0.05, 0.1) is 0 Å². The highest BCUT2D eigenvalue weighted by molar-refractivity contribution is 6.08. The molecule has 0 spiro atoms. The van der Waals surface area contributed by atoms with Crippen molar-refractivity contribution in [3.63, 3.8) is 0 Å². The molecule has 0 bridgehead atoms. The molecule has 1 heterocycles. The summed E-state index contributed by atoms with van der Waals surface area (Å²) in [5.41, 5.74) is 0.404. The predicted octanol–water partition coefficient (Wildman–Crippen LogP) is 2.28. The van der Waals surface area contributed by atoms with Crippen molar-refractivity contribution in [2.24, 2.45) is 5.92 Å². The molecule has 0 radical (unpaired) electrons. The molecule has 2 amide bonds. The summed E-state index contributed by atoms with van der Waals surface area (Å²) in [6, 6.07) is 4.94. The average Bonchev–Trinajstić information content (AvgIpc) is 3.08. The standard InChI is InChI=1S/C18H23FN2O4/c1-12(2)21(14-7-5-13(19)6-8-14)17(23)15(18(24)25)11-16(22)20-9-3-4-10-20/h5-8,12,15H,3-4,9-11H2,1-2H3,(H,24,25). The zero-order valence-corrected chi connectivity index (χ0v) is 14.4. The Labute approximate surface area is 146 Å². The van der Waals surface area contributed by atoms with Gasteiger partial charge < -0.3 is 14.9 Å². The van der Waals surface area contributed by atoms with Crippen LogP contribution in [0.4, 0.5) is 10.1 Å². The van der Waals surface area contributed by atoms with E-state index in [2.05, 4.69) is 0 Å². The van der Waals surface area contributed by atoms with Gasteiger partial charge in [-0.15, -0.1) is 0 Å². The van der Waals surface area contributed by atoms with Crippen molar-refractivity contribution >= 4 is 23.5 Å². The molecule has 6 nitrogen and oxygen atoms in total. The number of hydrogen-bond donors (Lipinski definition) is 1. The van der Waals surface area contributed by atoms with Crippen LogP contribution in [-0.4, -0.2) is 46.9 Å². The number of halogens is 1. The minimum Gasteiger partial charge on any atom is -0.481 e. The molecule has 136 valence electrons. The lowest BCUT2D eigenvalue weighted by atomic mass is 10.0. The molecular formula is C18H23FN2O4. The molecule has 1 saturated heterocycles. The number of carboxylic acid groups (broad SMARTS) is 1. The number of aliphatic carboxylic acids is 1. The number of anilines is 1. The molecular weight excluding hydrogens is 327 g/mol. The number of benzene rings is 1. The Balaban J connectivity index is 2.22. The molecule has 25 heavy (non-hydrogen) atoms. The summed E-state index contributed by atoms with van der Waals surface area (Å²) in [6.45, 7) is 4.68. The molecule has 2 rings (SSSR count). The average molecular weight is 350 g/mol. The first kappa shape index (κ1) is 18.9. The third-order valence-electron chi connectivity index (χ3n) is 4.29. The number of amides is 2. The van der Waals surface area contributed by atoms with Crippen molar-refractivity contribution in [1.82, 2.24) is 4.90 Å². The van der Waals surface area contributed by atoms with Crippen molar-refractivity contribution in [2.45, 2.75) is 39.2 Å². The van der Waals surface area contributed by atoms with E-state index in [4.69, 9.17) is 0 Å². The van der Waals surface area contributed by atoms with Crippen LogP contribution >= 0.6 is 0 Å². The van der Waals surface area contributed by atoms with E-state index in [0.717, 1.165) is 12.8 Å². The van der Waals surface area contributed by atoms with E-state index in [9.17, 15) is 23.9 Å². The molecule has 1 N–H and O–H groups in total. The summed E-state index contributed by atoms with van der Waals surface area (Å²) < 4.78 is 13.1. The Bertz CT molecular complexity index is 639. The van der Waals surface area contributed by atoms with Gasteiger partial charge in [-0.1, -0.05) is 0 Å². The highest BCUT2D eigenvalue weighted by atomic mass is 19.1. The van der Waals surface area contributed by atoms with Crippen LogP contribution in [0.25, 0.3) is 0 Å². The van der Waals surface area contributed by atoms with Crippen LogP contribution in [0.3, 0.4) is 0 Å². The SMILES string of the molecule is CC(C)N(C(=O)C(CC(=O)N1CCCC1)C(=O)O)c1ccc(F)cc1. The zero-order chi connectivity index (χ0) is 18.6. The maximum atomic E-state index is 13.1. The zero-order valence-electron chi connectivity index (χ0n) is 14.4. The first-order chi connectivity index (χ1) is 11.8. The largest absolute Gasteiger partial charge is 0.481 e. The van der Waals surface area contributed by atoms with Gasteiger partial charge in [0.25, 0.3) is 0 Å². The Morgan fingerprint density at radius 2 is 1.72 bits per heavy atom. The Morgan fingerprint density at radius 3 is 2.20 bits per heavy atom. The van der Waals surface area contributed by atoms with Gasteiger partial charge >= 0.3 is 5.97 Å². The van der Waals surface area contributed by atoms with Crippen LogP contribution in [0, 0.1) is 11.7 Å². The van der Waals surface area contributed by atoms with Crippen LogP contribution in [0.1, 0.15) is 33.1 Å². The highest BCUT2D eigenvalue weighted by Gasteiger charge is 2.36. The van der Waals surface area contributed by atoms with E-state index in [1.54, 1.807) is 18.7 Å². The van der Waals surface area contributed by atoms with Crippen LogP contribution in [0.2, 0.25) is 0 Å². The summed E-state index contributed by atoms with van der Waals surface area (Å²) in [5, 5.41) is 9.48. The molecule has 1 aromatic rings. The minimum atomic E-state index is -1.46. The first-order valence-electron chi connectivity index (χ1n) is 8.40. The molecule has 7 heteroatoms. The van der Waals surface area contributed by atoms with E-state index in [1.807, 2.05) is 0 Å². The number of carboxylic acids is 1. The van der Waals surface area contributed by atoms with Crippen molar-refractivity contribution in [3.8, 4) is 0 Å². The summed E-state index contributed by atoms with van der Waals surface area (Å²) in [5.74, 6) is -4.22. The number of nitrogens with zero attached hydrogens (tertiary/aromatic N) is 2. The molecule has 1 unspecified atom stereocenters. The number of hydrogen-bond acceptors (Lipinski definition) is 3. The summed E-state index contributed by atoms with van der Waals surface area (Å²) >= 11 is 0. The van der Waals surface area contributed by atoms with E-state index >= 15 is 0 Å². The van der Waals surface area contributed by atoms with Gasteiger partial charge in [0.1, 0.15) is 11.7 Å². The van der Waals surface area contributed by atoms with E-state index in [1.165, 1.54) is 29.2 Å². The number of carbonyl (C=O) groups excluding carboxylic acids is 2. The van der Waals surface area contributed by atoms with Crippen LogP contribution in [-0.2, 0) is 14.4 Å². The van der Waals surface area contributed by atoms with E-state index in [-0.39, 0.29) is 18.4 Å². The third kappa shape index (κ3) is 4.55. The summed E-state index contributed by atoms with van der Waals surface area (Å²) in [7, 11) is 0. The maximum Gasteiger partial charge on any atom is 0.316 e. The third-order valence-corrected chi connectivity index (χ3v) is 4.29. The molecule has 1 fully saturated rings. The quantitative estimate of drug-likeness (QED) is 0.799. The first-order valence-corrected chi connectivity index (χ1v) is 8.40. The predicted molar refractivity (Wildman–Crippen MR) is 90.6 cm³/mol. The van der Waals surface area contributed by atoms with Gasteiger partial charge in [-0.25, -0.2) is 4.39 Å². The van der Waals surface area contributed by atoms with E-state index in [0.29, 0.717) is 18.8 Å². The summed E-state index contributed by atoms with van der Waals surface area (Å²) in [6.07, 6.45) is 1.43. The minimum absolute atomic E-state index is 0.318. The maximum absolute atomic E-state index is 13.1. The molecule has 1 atom stereocenters. The molecule has 0 saturated carbocycles. The Morgan fingerprint density at radius 1 is 1.16 bits per heavy atom. The lowest BCUT2D eigenvalue weighted by Crippen LogP contribution is -2.45. The fourth-order valence-corrected chi connectivity index (χ4v) is 3.00. The molecule has 1 aliphatic rings. The van der Waals surface area contributed by atoms with Crippen molar-refractivity contribution in [1.29, 1.82) is 0 Å². The van der Waals surface area contributed by atoms with Gasteiger partial charge in [-0.2, -0.15) is 0 Å². The van der Waals surface area contributed by atoms with Gasteiger partial charge in [0.2, 0.25) is 11.8 Å². The highest BCUT2D eigenvalue weighted by Crippen LogP contribution is 2.23. The van der Waals surface area contributed by atoms with Crippen molar-refractivity contribution in [3.05, 3.63) is 30.1 Å². The summed E-state index contributed by atoms with van der Waals surface area (Å²) in [4.78, 5) is 39.6. The van der Waals surface area contributed by atoms with Gasteiger partial charge in [-0.05, 0) is 51.0 Å². The normalized spacial score (nSPS) is 15.3. The van der Waals surface area contributed by atoms with Crippen molar-refractivity contribution < 1.29 is 23.9 Å². The van der Waals surface area contributed by atoms with Crippen LogP contribution in [0.5, 0.6) is 0 Å². The fraction of sp³-hybridized carbons (Fsp3) is 0.500. The topological polar surface area (TPSA) is 77.9 Å². The van der Waals surface area contributed by atoms with Gasteiger partial charge in [-0.3, -0.25) is 14.4 Å². The monoisotopic (exact) mass is 350 g/mol. The number of carbonyl (C=O) groups is 3. The second-order valence-electron chi connectivity index (χ2n) is 6.46. The van der Waals surface area contributed by atoms with Crippen LogP contribution in [0.15, 0.2) is 24.3 Å².